The van der Waals surface area contributed by atoms with Crippen LogP contribution in [-0.2, 0) is 13.0 Å². The average Bonchev–Trinajstić information content (AvgIpc) is 2.35. The Morgan fingerprint density at radius 3 is 2.71 bits per heavy atom. The van der Waals surface area contributed by atoms with Gasteiger partial charge in [0.25, 0.3) is 0 Å². The molecule has 3 nitrogen and oxygen atoms in total. The van der Waals surface area contributed by atoms with E-state index in [9.17, 15) is 0 Å². The predicted octanol–water partition coefficient (Wildman–Crippen LogP) is 1.33. The third-order valence-electron chi connectivity index (χ3n) is 3.40. The molecule has 0 amide bonds. The second-order valence-electron chi connectivity index (χ2n) is 5.10. The molecule has 0 aromatic heterocycles. The second kappa shape index (κ2) is 5.52. The highest BCUT2D eigenvalue weighted by Crippen LogP contribution is 2.21. The first-order valence-electron chi connectivity index (χ1n) is 6.35. The van der Waals surface area contributed by atoms with Crippen molar-refractivity contribution in [1.82, 2.24) is 10.2 Å². The first-order chi connectivity index (χ1) is 8.16. The van der Waals surface area contributed by atoms with E-state index in [1.807, 2.05) is 0 Å². The molecule has 3 heteroatoms. The molecule has 1 aliphatic rings. The molecule has 0 fully saturated rings. The molecule has 1 aromatic carbocycles. The predicted molar refractivity (Wildman–Crippen MR) is 73.7 cm³/mol. The third-order valence-corrected chi connectivity index (χ3v) is 3.40. The number of nitrogens with one attached hydrogen (secondary N) is 1. The van der Waals surface area contributed by atoms with Gasteiger partial charge in [0, 0.05) is 32.4 Å². The Labute approximate surface area is 104 Å². The van der Waals surface area contributed by atoms with Gasteiger partial charge in [-0.3, -0.25) is 0 Å². The van der Waals surface area contributed by atoms with Crippen LogP contribution in [0.25, 0.3) is 0 Å². The summed E-state index contributed by atoms with van der Waals surface area (Å²) in [5.74, 6) is 0. The largest absolute Gasteiger partial charge is 0.373 e. The number of hydrogen-bond acceptors (Lipinski definition) is 3. The van der Waals surface area contributed by atoms with Gasteiger partial charge in [-0.05, 0) is 50.3 Å². The Hall–Kier alpha value is -1.06. The van der Waals surface area contributed by atoms with Crippen LogP contribution in [0, 0.1) is 0 Å². The minimum absolute atomic E-state index is 1.02. The third kappa shape index (κ3) is 3.20. The van der Waals surface area contributed by atoms with Gasteiger partial charge in [-0.2, -0.15) is 0 Å². The molecule has 1 heterocycles. The zero-order valence-corrected chi connectivity index (χ0v) is 11.2. The van der Waals surface area contributed by atoms with E-state index < -0.39 is 0 Å². The van der Waals surface area contributed by atoms with Gasteiger partial charge in [-0.25, -0.2) is 0 Å². The minimum Gasteiger partial charge on any atom is -0.373 e. The van der Waals surface area contributed by atoms with Crippen molar-refractivity contribution in [1.29, 1.82) is 0 Å². The van der Waals surface area contributed by atoms with E-state index in [1.54, 1.807) is 0 Å². The average molecular weight is 233 g/mol. The van der Waals surface area contributed by atoms with E-state index in [4.69, 9.17) is 0 Å². The summed E-state index contributed by atoms with van der Waals surface area (Å²) >= 11 is 0. The summed E-state index contributed by atoms with van der Waals surface area (Å²) in [6.07, 6.45) is 1.16. The zero-order valence-electron chi connectivity index (χ0n) is 11.2. The van der Waals surface area contributed by atoms with Gasteiger partial charge in [0.15, 0.2) is 0 Å². The summed E-state index contributed by atoms with van der Waals surface area (Å²) in [4.78, 5) is 4.56. The second-order valence-corrected chi connectivity index (χ2v) is 5.10. The van der Waals surface area contributed by atoms with Crippen LogP contribution in [0.5, 0.6) is 0 Å². The molecule has 0 saturated heterocycles. The monoisotopic (exact) mass is 233 g/mol. The Bertz CT molecular complexity index is 374. The van der Waals surface area contributed by atoms with Gasteiger partial charge in [0.05, 0.1) is 0 Å². The fourth-order valence-corrected chi connectivity index (χ4v) is 2.18. The van der Waals surface area contributed by atoms with Gasteiger partial charge in [0.2, 0.25) is 0 Å². The van der Waals surface area contributed by atoms with Crippen LogP contribution in [0.15, 0.2) is 18.2 Å². The first kappa shape index (κ1) is 12.4. The quantitative estimate of drug-likeness (QED) is 0.846. The van der Waals surface area contributed by atoms with E-state index in [0.717, 1.165) is 32.6 Å². The lowest BCUT2D eigenvalue weighted by atomic mass is 10.0. The van der Waals surface area contributed by atoms with Crippen molar-refractivity contribution in [3.63, 3.8) is 0 Å². The van der Waals surface area contributed by atoms with Crippen molar-refractivity contribution in [2.75, 3.05) is 45.7 Å². The first-order valence-corrected chi connectivity index (χ1v) is 6.35. The Balaban J connectivity index is 2.05. The molecular formula is C14H23N3. The molecule has 0 unspecified atom stereocenters. The fourth-order valence-electron chi connectivity index (χ4n) is 2.18. The summed E-state index contributed by atoms with van der Waals surface area (Å²) in [6, 6.07) is 6.86. The molecule has 17 heavy (non-hydrogen) atoms. The summed E-state index contributed by atoms with van der Waals surface area (Å²) in [7, 11) is 6.41. The van der Waals surface area contributed by atoms with Gasteiger partial charge in [-0.1, -0.05) is 6.07 Å². The maximum atomic E-state index is 3.41. The molecule has 0 aliphatic carbocycles. The van der Waals surface area contributed by atoms with Crippen LogP contribution < -0.4 is 10.2 Å². The Kier molecular flexibility index (Phi) is 4.02. The lowest BCUT2D eigenvalue weighted by molar-refractivity contribution is 0.416. The molecule has 0 radical (unpaired) electrons. The molecule has 0 atom stereocenters. The molecule has 0 bridgehead atoms. The highest BCUT2D eigenvalue weighted by Gasteiger charge is 2.10. The van der Waals surface area contributed by atoms with Crippen LogP contribution in [0.3, 0.4) is 0 Å². The highest BCUT2D eigenvalue weighted by molar-refractivity contribution is 5.51. The summed E-state index contributed by atoms with van der Waals surface area (Å²) in [6.45, 7) is 4.30. The van der Waals surface area contributed by atoms with Crippen LogP contribution >= 0.6 is 0 Å². The Morgan fingerprint density at radius 2 is 1.94 bits per heavy atom. The minimum atomic E-state index is 1.02. The van der Waals surface area contributed by atoms with Crippen molar-refractivity contribution in [2.24, 2.45) is 0 Å². The standard InChI is InChI=1S/C14H23N3/c1-16(2)8-9-17(3)14-5-4-13-11-15-7-6-12(13)10-14/h4-5,10,15H,6-9,11H2,1-3H3. The van der Waals surface area contributed by atoms with Crippen LogP contribution in [0.1, 0.15) is 11.1 Å². The van der Waals surface area contributed by atoms with Gasteiger partial charge >= 0.3 is 0 Å². The molecule has 2 rings (SSSR count). The summed E-state index contributed by atoms with van der Waals surface area (Å²) < 4.78 is 0. The molecule has 1 aromatic rings. The van der Waals surface area contributed by atoms with E-state index in [0.29, 0.717) is 0 Å². The lowest BCUT2D eigenvalue weighted by Crippen LogP contribution is -2.29. The number of rotatable bonds is 4. The number of likely N-dealkylation sites (N-methyl/N-ethyl adjacent to an activating group) is 2. The summed E-state index contributed by atoms with van der Waals surface area (Å²) in [5, 5.41) is 3.41. The highest BCUT2D eigenvalue weighted by atomic mass is 15.1. The van der Waals surface area contributed by atoms with E-state index >= 15 is 0 Å². The maximum absolute atomic E-state index is 3.41. The van der Waals surface area contributed by atoms with Crippen molar-refractivity contribution >= 4 is 5.69 Å². The number of benzene rings is 1. The van der Waals surface area contributed by atoms with Crippen molar-refractivity contribution in [3.8, 4) is 0 Å². The molecule has 1 N–H and O–H groups in total. The molecular weight excluding hydrogens is 210 g/mol. The number of hydrogen-bond donors (Lipinski definition) is 1. The van der Waals surface area contributed by atoms with Crippen LogP contribution in [0.2, 0.25) is 0 Å². The van der Waals surface area contributed by atoms with E-state index in [2.05, 4.69) is 54.5 Å². The number of fused-ring (bicyclic) bond motifs is 1. The Morgan fingerprint density at radius 1 is 1.12 bits per heavy atom. The van der Waals surface area contributed by atoms with E-state index in [-0.39, 0.29) is 0 Å². The molecule has 1 aliphatic heterocycles. The smallest absolute Gasteiger partial charge is 0.0367 e. The van der Waals surface area contributed by atoms with Gasteiger partial charge in [0.1, 0.15) is 0 Å². The number of anilines is 1. The van der Waals surface area contributed by atoms with Crippen molar-refractivity contribution in [2.45, 2.75) is 13.0 Å². The van der Waals surface area contributed by atoms with Crippen molar-refractivity contribution in [3.05, 3.63) is 29.3 Å². The summed E-state index contributed by atoms with van der Waals surface area (Å²) in [5.41, 5.74) is 4.31. The zero-order chi connectivity index (χ0) is 12.3. The topological polar surface area (TPSA) is 18.5 Å². The molecule has 94 valence electrons. The van der Waals surface area contributed by atoms with E-state index in [1.165, 1.54) is 16.8 Å². The molecule has 0 saturated carbocycles. The van der Waals surface area contributed by atoms with Crippen LogP contribution in [0.4, 0.5) is 5.69 Å². The van der Waals surface area contributed by atoms with Gasteiger partial charge < -0.3 is 15.1 Å². The SMILES string of the molecule is CN(C)CCN(C)c1ccc2c(c1)CCNC2. The lowest BCUT2D eigenvalue weighted by Gasteiger charge is -2.24. The fraction of sp³-hybridized carbons (Fsp3) is 0.571. The number of nitrogens with zero attached hydrogens (tertiary/aromatic N) is 2. The van der Waals surface area contributed by atoms with Crippen LogP contribution in [-0.4, -0.2) is 45.7 Å². The van der Waals surface area contributed by atoms with Gasteiger partial charge in [-0.15, -0.1) is 0 Å². The molecule has 0 spiro atoms. The maximum Gasteiger partial charge on any atom is 0.0367 e. The normalized spacial score (nSPS) is 14.8. The van der Waals surface area contributed by atoms with Crippen molar-refractivity contribution < 1.29 is 0 Å².